The standard InChI is InChI=1S/C13H23F6N/c1-2-3-10-20-13(18,19)11(14)8-6-4-5-7-9-12(15,16)17/h11,20H,2-10H2,1H3. The lowest BCUT2D eigenvalue weighted by Crippen LogP contribution is -2.45. The van der Waals surface area contributed by atoms with E-state index in [1.54, 1.807) is 0 Å². The average molecular weight is 307 g/mol. The Morgan fingerprint density at radius 3 is 2.05 bits per heavy atom. The molecule has 0 saturated carbocycles. The van der Waals surface area contributed by atoms with Gasteiger partial charge in [-0.2, -0.15) is 22.0 Å². The number of hydrogen-bond acceptors (Lipinski definition) is 1. The quantitative estimate of drug-likeness (QED) is 0.314. The van der Waals surface area contributed by atoms with Crippen LogP contribution in [0.1, 0.15) is 58.3 Å². The first kappa shape index (κ1) is 19.5. The molecular weight excluding hydrogens is 284 g/mol. The molecule has 1 N–H and O–H groups in total. The van der Waals surface area contributed by atoms with Crippen LogP contribution in [0.2, 0.25) is 0 Å². The zero-order valence-electron chi connectivity index (χ0n) is 11.7. The summed E-state index contributed by atoms with van der Waals surface area (Å²) in [5.74, 6) is 0. The average Bonchev–Trinajstić information content (AvgIpc) is 2.32. The third-order valence-corrected chi connectivity index (χ3v) is 2.95. The predicted octanol–water partition coefficient (Wildman–Crippen LogP) is 5.21. The molecule has 0 aromatic carbocycles. The summed E-state index contributed by atoms with van der Waals surface area (Å²) in [6.07, 6.45) is -5.66. The summed E-state index contributed by atoms with van der Waals surface area (Å²) < 4.78 is 75.3. The maximum Gasteiger partial charge on any atom is 0.389 e. The Kier molecular flexibility index (Phi) is 9.25. The molecule has 0 bridgehead atoms. The SMILES string of the molecule is CCCCNC(F)(F)C(F)CCCCCCC(F)(F)F. The molecule has 0 aromatic rings. The maximum atomic E-state index is 13.3. The van der Waals surface area contributed by atoms with Crippen LogP contribution in [-0.2, 0) is 0 Å². The zero-order valence-corrected chi connectivity index (χ0v) is 11.7. The molecule has 7 heteroatoms. The third-order valence-electron chi connectivity index (χ3n) is 2.95. The molecule has 0 rings (SSSR count). The number of nitrogens with one attached hydrogen (secondary N) is 1. The Labute approximate surface area is 116 Å². The van der Waals surface area contributed by atoms with E-state index in [0.29, 0.717) is 12.8 Å². The Balaban J connectivity index is 3.68. The molecule has 0 spiro atoms. The highest BCUT2D eigenvalue weighted by Gasteiger charge is 2.38. The molecule has 0 aliphatic carbocycles. The summed E-state index contributed by atoms with van der Waals surface area (Å²) in [7, 11) is 0. The normalized spacial score (nSPS) is 14.6. The number of rotatable bonds is 11. The van der Waals surface area contributed by atoms with Gasteiger partial charge >= 0.3 is 12.2 Å². The molecule has 0 heterocycles. The number of halogens is 6. The minimum Gasteiger partial charge on any atom is -0.256 e. The number of hydrogen-bond donors (Lipinski definition) is 1. The van der Waals surface area contributed by atoms with Crippen molar-refractivity contribution in [2.75, 3.05) is 6.54 Å². The van der Waals surface area contributed by atoms with Crippen LogP contribution in [0.15, 0.2) is 0 Å². The molecule has 0 aliphatic heterocycles. The fourth-order valence-electron chi connectivity index (χ4n) is 1.73. The van der Waals surface area contributed by atoms with E-state index in [2.05, 4.69) is 0 Å². The molecule has 0 fully saturated rings. The lowest BCUT2D eigenvalue weighted by Gasteiger charge is -2.21. The largest absolute Gasteiger partial charge is 0.389 e. The van der Waals surface area contributed by atoms with Gasteiger partial charge in [0.05, 0.1) is 0 Å². The van der Waals surface area contributed by atoms with Gasteiger partial charge in [0.2, 0.25) is 0 Å². The summed E-state index contributed by atoms with van der Waals surface area (Å²) in [6, 6.07) is -3.55. The van der Waals surface area contributed by atoms with Gasteiger partial charge in [0.25, 0.3) is 0 Å². The van der Waals surface area contributed by atoms with Crippen molar-refractivity contribution in [1.82, 2.24) is 5.32 Å². The van der Waals surface area contributed by atoms with Crippen LogP contribution in [0, 0.1) is 0 Å². The van der Waals surface area contributed by atoms with Gasteiger partial charge < -0.3 is 0 Å². The third kappa shape index (κ3) is 10.3. The molecule has 1 nitrogen and oxygen atoms in total. The highest BCUT2D eigenvalue weighted by molar-refractivity contribution is 4.74. The minimum absolute atomic E-state index is 0.0361. The zero-order chi connectivity index (χ0) is 15.6. The van der Waals surface area contributed by atoms with Crippen molar-refractivity contribution in [3.63, 3.8) is 0 Å². The van der Waals surface area contributed by atoms with E-state index in [-0.39, 0.29) is 32.2 Å². The lowest BCUT2D eigenvalue weighted by molar-refractivity contribution is -0.135. The second-order valence-electron chi connectivity index (χ2n) is 4.94. The van der Waals surface area contributed by atoms with E-state index in [4.69, 9.17) is 0 Å². The van der Waals surface area contributed by atoms with Crippen molar-refractivity contribution in [2.45, 2.75) is 76.7 Å². The van der Waals surface area contributed by atoms with E-state index < -0.39 is 24.8 Å². The fourth-order valence-corrected chi connectivity index (χ4v) is 1.73. The van der Waals surface area contributed by atoms with Gasteiger partial charge in [-0.3, -0.25) is 5.32 Å². The van der Waals surface area contributed by atoms with Gasteiger partial charge in [-0.25, -0.2) is 4.39 Å². The van der Waals surface area contributed by atoms with Gasteiger partial charge in [0, 0.05) is 13.0 Å². The lowest BCUT2D eigenvalue weighted by atomic mass is 10.1. The van der Waals surface area contributed by atoms with Crippen molar-refractivity contribution < 1.29 is 26.3 Å². The first-order valence-electron chi connectivity index (χ1n) is 7.02. The Morgan fingerprint density at radius 2 is 1.50 bits per heavy atom. The minimum atomic E-state index is -4.18. The first-order valence-corrected chi connectivity index (χ1v) is 7.02. The monoisotopic (exact) mass is 307 g/mol. The molecule has 0 amide bonds. The van der Waals surface area contributed by atoms with Crippen LogP contribution < -0.4 is 5.32 Å². The van der Waals surface area contributed by atoms with Crippen molar-refractivity contribution in [1.29, 1.82) is 0 Å². The summed E-state index contributed by atoms with van der Waals surface area (Å²) in [4.78, 5) is 0. The second-order valence-corrected chi connectivity index (χ2v) is 4.94. The molecule has 20 heavy (non-hydrogen) atoms. The fraction of sp³-hybridized carbons (Fsp3) is 1.00. The smallest absolute Gasteiger partial charge is 0.256 e. The van der Waals surface area contributed by atoms with Gasteiger partial charge in [0.1, 0.15) is 0 Å². The van der Waals surface area contributed by atoms with Crippen molar-refractivity contribution >= 4 is 0 Å². The molecule has 0 aromatic heterocycles. The Morgan fingerprint density at radius 1 is 0.900 bits per heavy atom. The topological polar surface area (TPSA) is 12.0 Å². The van der Waals surface area contributed by atoms with E-state index in [0.717, 1.165) is 6.42 Å². The Hall–Kier alpha value is -0.460. The number of alkyl halides is 6. The van der Waals surface area contributed by atoms with E-state index in [9.17, 15) is 26.3 Å². The van der Waals surface area contributed by atoms with Crippen molar-refractivity contribution in [3.8, 4) is 0 Å². The van der Waals surface area contributed by atoms with Gasteiger partial charge in [-0.15, -0.1) is 0 Å². The molecule has 0 aliphatic rings. The van der Waals surface area contributed by atoms with Crippen LogP contribution in [0.4, 0.5) is 26.3 Å². The summed E-state index contributed by atoms with van der Waals surface area (Å²) >= 11 is 0. The van der Waals surface area contributed by atoms with Gasteiger partial charge in [0.15, 0.2) is 6.17 Å². The van der Waals surface area contributed by atoms with Crippen LogP contribution in [0.3, 0.4) is 0 Å². The van der Waals surface area contributed by atoms with E-state index >= 15 is 0 Å². The Bertz CT molecular complexity index is 242. The summed E-state index contributed by atoms with van der Waals surface area (Å²) in [5.41, 5.74) is 0. The highest BCUT2D eigenvalue weighted by atomic mass is 19.4. The molecule has 1 atom stereocenters. The molecular formula is C13H23F6N. The van der Waals surface area contributed by atoms with Crippen LogP contribution in [0.5, 0.6) is 0 Å². The first-order chi connectivity index (χ1) is 9.19. The van der Waals surface area contributed by atoms with Crippen molar-refractivity contribution in [2.24, 2.45) is 0 Å². The van der Waals surface area contributed by atoms with E-state index in [1.807, 2.05) is 12.2 Å². The summed E-state index contributed by atoms with van der Waals surface area (Å²) in [5, 5.41) is 1.87. The van der Waals surface area contributed by atoms with Gasteiger partial charge in [-0.1, -0.05) is 32.6 Å². The second kappa shape index (κ2) is 9.47. The molecule has 1 unspecified atom stereocenters. The van der Waals surface area contributed by atoms with Crippen LogP contribution in [0.25, 0.3) is 0 Å². The summed E-state index contributed by atoms with van der Waals surface area (Å²) in [6.45, 7) is 1.89. The van der Waals surface area contributed by atoms with E-state index in [1.165, 1.54) is 0 Å². The molecule has 0 saturated heterocycles. The molecule has 122 valence electrons. The molecule has 0 radical (unpaired) electrons. The van der Waals surface area contributed by atoms with Crippen LogP contribution >= 0.6 is 0 Å². The maximum absolute atomic E-state index is 13.3. The number of unbranched alkanes of at least 4 members (excludes halogenated alkanes) is 4. The highest BCUT2D eigenvalue weighted by Crippen LogP contribution is 2.25. The van der Waals surface area contributed by atoms with Crippen LogP contribution in [-0.4, -0.2) is 24.9 Å². The van der Waals surface area contributed by atoms with Crippen molar-refractivity contribution in [3.05, 3.63) is 0 Å². The predicted molar refractivity (Wildman–Crippen MR) is 66.5 cm³/mol. The van der Waals surface area contributed by atoms with Gasteiger partial charge in [-0.05, 0) is 19.3 Å².